The molecule has 0 aliphatic rings. The number of nitrogens with one attached hydrogen (secondary N) is 1. The van der Waals surface area contributed by atoms with Crippen LogP contribution in [0.5, 0.6) is 0 Å². The molecule has 0 aliphatic heterocycles. The highest BCUT2D eigenvalue weighted by molar-refractivity contribution is 5.95. The van der Waals surface area contributed by atoms with Crippen LogP contribution in [0.1, 0.15) is 24.7 Å². The van der Waals surface area contributed by atoms with Gasteiger partial charge in [-0.3, -0.25) is 4.79 Å². The number of carbonyl (C=O) groups is 1. The van der Waals surface area contributed by atoms with Crippen molar-refractivity contribution in [2.45, 2.75) is 19.8 Å². The van der Waals surface area contributed by atoms with Crippen LogP contribution in [0, 0.1) is 0 Å². The van der Waals surface area contributed by atoms with E-state index in [4.69, 9.17) is 0 Å². The third-order valence-electron chi connectivity index (χ3n) is 3.99. The Morgan fingerprint density at radius 2 is 1.96 bits per heavy atom. The van der Waals surface area contributed by atoms with Gasteiger partial charge in [0, 0.05) is 25.2 Å². The van der Waals surface area contributed by atoms with Crippen molar-refractivity contribution in [3.05, 3.63) is 78.4 Å². The molecule has 3 aromatic rings. The van der Waals surface area contributed by atoms with Gasteiger partial charge in [0.1, 0.15) is 5.82 Å². The topological polar surface area (TPSA) is 46.4 Å². The first-order valence-electron chi connectivity index (χ1n) is 8.22. The van der Waals surface area contributed by atoms with Gasteiger partial charge in [0.25, 0.3) is 0 Å². The number of hydrogen-bond donors (Lipinski definition) is 1. The minimum Gasteiger partial charge on any atom is -0.352 e. The summed E-state index contributed by atoms with van der Waals surface area (Å²) >= 11 is 0. The van der Waals surface area contributed by atoms with E-state index in [1.54, 1.807) is 6.08 Å². The molecule has 4 heteroatoms. The van der Waals surface area contributed by atoms with Crippen LogP contribution < -0.4 is 5.32 Å². The molecule has 0 aliphatic carbocycles. The van der Waals surface area contributed by atoms with Crippen LogP contribution in [0.3, 0.4) is 0 Å². The van der Waals surface area contributed by atoms with Crippen LogP contribution in [-0.4, -0.2) is 21.8 Å². The Kier molecular flexibility index (Phi) is 5.06. The second-order valence-electron chi connectivity index (χ2n) is 5.60. The average molecular weight is 319 g/mol. The molecule has 0 bridgehead atoms. The summed E-state index contributed by atoms with van der Waals surface area (Å²) in [5, 5.41) is 2.95. The number of aromatic nitrogens is 2. The van der Waals surface area contributed by atoms with E-state index in [9.17, 15) is 4.79 Å². The molecule has 122 valence electrons. The summed E-state index contributed by atoms with van der Waals surface area (Å²) < 4.78 is 2.05. The predicted octanol–water partition coefficient (Wildman–Crippen LogP) is 3.49. The third kappa shape index (κ3) is 3.71. The molecule has 0 unspecified atom stereocenters. The monoisotopic (exact) mass is 319 g/mol. The number of pyridine rings is 1. The number of amides is 1. The number of allylic oxidation sites excluding steroid dienone is 1. The highest BCUT2D eigenvalue weighted by Gasteiger charge is 2.05. The van der Waals surface area contributed by atoms with E-state index in [1.165, 1.54) is 0 Å². The molecule has 1 N–H and O–H groups in total. The maximum absolute atomic E-state index is 12.2. The van der Waals surface area contributed by atoms with Crippen LogP contribution in [0.4, 0.5) is 0 Å². The van der Waals surface area contributed by atoms with Gasteiger partial charge in [0.15, 0.2) is 0 Å². The number of fused-ring (bicyclic) bond motifs is 1. The zero-order valence-corrected chi connectivity index (χ0v) is 13.8. The van der Waals surface area contributed by atoms with Gasteiger partial charge in [-0.25, -0.2) is 4.98 Å². The van der Waals surface area contributed by atoms with E-state index in [1.807, 2.05) is 65.3 Å². The molecule has 3 rings (SSSR count). The fraction of sp³-hybridized carbons (Fsp3) is 0.200. The fourth-order valence-corrected chi connectivity index (χ4v) is 2.73. The molecule has 2 aromatic heterocycles. The standard InChI is InChI=1S/C20H21N3O/c1-2-16(17-8-4-3-5-9-17)14-20(24)21-12-11-19-22-15-18-10-6-7-13-23(18)19/h3-10,13-15H,2,11-12H2,1H3,(H,21,24)/b16-14+. The molecule has 0 fully saturated rings. The SMILES string of the molecule is CC/C(=C\C(=O)NCCc1ncc2ccccn12)c1ccccc1. The van der Waals surface area contributed by atoms with Crippen LogP contribution >= 0.6 is 0 Å². The Labute approximate surface area is 141 Å². The van der Waals surface area contributed by atoms with E-state index in [-0.39, 0.29) is 5.91 Å². The summed E-state index contributed by atoms with van der Waals surface area (Å²) in [6, 6.07) is 16.0. The first kappa shape index (κ1) is 16.0. The number of carbonyl (C=O) groups excluding carboxylic acids is 1. The van der Waals surface area contributed by atoms with E-state index in [2.05, 4.69) is 17.2 Å². The molecule has 0 atom stereocenters. The highest BCUT2D eigenvalue weighted by Crippen LogP contribution is 2.17. The van der Waals surface area contributed by atoms with Crippen molar-refractivity contribution in [2.24, 2.45) is 0 Å². The van der Waals surface area contributed by atoms with Crippen molar-refractivity contribution in [1.82, 2.24) is 14.7 Å². The van der Waals surface area contributed by atoms with Crippen LogP contribution in [0.2, 0.25) is 0 Å². The largest absolute Gasteiger partial charge is 0.352 e. The quantitative estimate of drug-likeness (QED) is 0.707. The van der Waals surface area contributed by atoms with Crippen molar-refractivity contribution >= 4 is 17.0 Å². The summed E-state index contributed by atoms with van der Waals surface area (Å²) in [5.41, 5.74) is 3.20. The highest BCUT2D eigenvalue weighted by atomic mass is 16.1. The van der Waals surface area contributed by atoms with Crippen LogP contribution in [0.25, 0.3) is 11.1 Å². The maximum atomic E-state index is 12.2. The molecule has 2 heterocycles. The first-order valence-corrected chi connectivity index (χ1v) is 8.22. The van der Waals surface area contributed by atoms with Crippen molar-refractivity contribution in [1.29, 1.82) is 0 Å². The number of hydrogen-bond acceptors (Lipinski definition) is 2. The molecule has 0 saturated carbocycles. The van der Waals surface area contributed by atoms with Gasteiger partial charge in [-0.15, -0.1) is 0 Å². The van der Waals surface area contributed by atoms with Gasteiger partial charge in [0.2, 0.25) is 5.91 Å². The van der Waals surface area contributed by atoms with Gasteiger partial charge < -0.3 is 9.72 Å². The molecular weight excluding hydrogens is 298 g/mol. The second-order valence-corrected chi connectivity index (χ2v) is 5.60. The minimum atomic E-state index is -0.0587. The minimum absolute atomic E-state index is 0.0587. The molecule has 1 amide bonds. The lowest BCUT2D eigenvalue weighted by Gasteiger charge is -2.06. The summed E-state index contributed by atoms with van der Waals surface area (Å²) in [7, 11) is 0. The van der Waals surface area contributed by atoms with E-state index < -0.39 is 0 Å². The summed E-state index contributed by atoms with van der Waals surface area (Å²) in [6.07, 6.45) is 7.05. The van der Waals surface area contributed by atoms with Crippen molar-refractivity contribution in [2.75, 3.05) is 6.54 Å². The number of benzene rings is 1. The Hall–Kier alpha value is -2.88. The zero-order chi connectivity index (χ0) is 16.8. The van der Waals surface area contributed by atoms with Crippen LogP contribution in [0.15, 0.2) is 67.0 Å². The third-order valence-corrected chi connectivity index (χ3v) is 3.99. The summed E-state index contributed by atoms with van der Waals surface area (Å²) in [4.78, 5) is 16.6. The smallest absolute Gasteiger partial charge is 0.244 e. The summed E-state index contributed by atoms with van der Waals surface area (Å²) in [6.45, 7) is 2.62. The number of rotatable bonds is 6. The molecule has 1 aromatic carbocycles. The van der Waals surface area contributed by atoms with Crippen molar-refractivity contribution < 1.29 is 4.79 Å². The average Bonchev–Trinajstić information content (AvgIpc) is 3.04. The molecule has 0 radical (unpaired) electrons. The molecule has 24 heavy (non-hydrogen) atoms. The Balaban J connectivity index is 1.60. The van der Waals surface area contributed by atoms with E-state index in [0.29, 0.717) is 13.0 Å². The first-order chi connectivity index (χ1) is 11.8. The molecule has 4 nitrogen and oxygen atoms in total. The fourth-order valence-electron chi connectivity index (χ4n) is 2.73. The Bertz CT molecular complexity index is 849. The second kappa shape index (κ2) is 7.59. The lowest BCUT2D eigenvalue weighted by molar-refractivity contribution is -0.116. The lowest BCUT2D eigenvalue weighted by Crippen LogP contribution is -2.24. The normalized spacial score (nSPS) is 11.6. The molecular formula is C20H21N3O. The zero-order valence-electron chi connectivity index (χ0n) is 13.8. The Morgan fingerprint density at radius 1 is 1.17 bits per heavy atom. The number of imidazole rings is 1. The predicted molar refractivity (Wildman–Crippen MR) is 96.6 cm³/mol. The van der Waals surface area contributed by atoms with Crippen molar-refractivity contribution in [3.63, 3.8) is 0 Å². The van der Waals surface area contributed by atoms with Gasteiger partial charge in [-0.1, -0.05) is 43.3 Å². The van der Waals surface area contributed by atoms with Gasteiger partial charge in [0.05, 0.1) is 11.7 Å². The van der Waals surface area contributed by atoms with Gasteiger partial charge in [-0.2, -0.15) is 0 Å². The molecule has 0 saturated heterocycles. The molecule has 0 spiro atoms. The van der Waals surface area contributed by atoms with Crippen molar-refractivity contribution in [3.8, 4) is 0 Å². The summed E-state index contributed by atoms with van der Waals surface area (Å²) in [5.74, 6) is 0.894. The van der Waals surface area contributed by atoms with Gasteiger partial charge >= 0.3 is 0 Å². The van der Waals surface area contributed by atoms with E-state index >= 15 is 0 Å². The lowest BCUT2D eigenvalue weighted by atomic mass is 10.0. The number of nitrogens with zero attached hydrogens (tertiary/aromatic N) is 2. The van der Waals surface area contributed by atoms with Gasteiger partial charge in [-0.05, 0) is 29.7 Å². The van der Waals surface area contributed by atoms with E-state index in [0.717, 1.165) is 28.9 Å². The Morgan fingerprint density at radius 3 is 2.75 bits per heavy atom. The van der Waals surface area contributed by atoms with Crippen LogP contribution in [-0.2, 0) is 11.2 Å². The maximum Gasteiger partial charge on any atom is 0.244 e.